The van der Waals surface area contributed by atoms with Crippen molar-refractivity contribution >= 4 is 23.3 Å². The molecule has 7 heteroatoms. The molecule has 2 aromatic heterocycles. The van der Waals surface area contributed by atoms with E-state index in [1.165, 1.54) is 0 Å². The van der Waals surface area contributed by atoms with Gasteiger partial charge in [0.1, 0.15) is 5.82 Å². The molecule has 0 radical (unpaired) electrons. The van der Waals surface area contributed by atoms with Crippen LogP contribution >= 0.6 is 11.6 Å². The molecular formula is C21H26ClN5O. The SMILES string of the molecule is CC(C)(C)c1cc(NC(=O)c2ccn(-c3cccc(Cl)c3)n2)n(C(C)(C)C)n1. The normalized spacial score (nSPS) is 12.2. The molecule has 6 nitrogen and oxygen atoms in total. The highest BCUT2D eigenvalue weighted by molar-refractivity contribution is 6.30. The molecule has 0 atom stereocenters. The van der Waals surface area contributed by atoms with E-state index in [0.29, 0.717) is 16.5 Å². The molecule has 148 valence electrons. The minimum atomic E-state index is -0.286. The number of carbonyl (C=O) groups is 1. The maximum Gasteiger partial charge on any atom is 0.277 e. The maximum atomic E-state index is 12.8. The summed E-state index contributed by atoms with van der Waals surface area (Å²) >= 11 is 6.04. The molecule has 0 fully saturated rings. The van der Waals surface area contributed by atoms with Crippen LogP contribution in [-0.4, -0.2) is 25.5 Å². The quantitative estimate of drug-likeness (QED) is 0.671. The molecule has 28 heavy (non-hydrogen) atoms. The molecule has 1 aromatic carbocycles. The van der Waals surface area contributed by atoms with Crippen LogP contribution < -0.4 is 5.32 Å². The van der Waals surface area contributed by atoms with Crippen molar-refractivity contribution in [1.82, 2.24) is 19.6 Å². The third kappa shape index (κ3) is 4.28. The zero-order chi connectivity index (χ0) is 20.7. The second kappa shape index (κ2) is 7.09. The molecule has 3 aromatic rings. The number of hydrogen-bond acceptors (Lipinski definition) is 3. The van der Waals surface area contributed by atoms with Gasteiger partial charge in [-0.15, -0.1) is 0 Å². The lowest BCUT2D eigenvalue weighted by atomic mass is 9.92. The standard InChI is InChI=1S/C21H26ClN5O/c1-20(2,3)17-13-18(27(25-17)21(4,5)6)23-19(28)16-10-11-26(24-16)15-9-7-8-14(22)12-15/h7-13H,1-6H3,(H,23,28). The van der Waals surface area contributed by atoms with Crippen LogP contribution in [-0.2, 0) is 11.0 Å². The maximum absolute atomic E-state index is 12.8. The van der Waals surface area contributed by atoms with Crippen molar-refractivity contribution in [1.29, 1.82) is 0 Å². The molecule has 0 aliphatic rings. The van der Waals surface area contributed by atoms with Crippen molar-refractivity contribution in [2.24, 2.45) is 0 Å². The van der Waals surface area contributed by atoms with E-state index in [9.17, 15) is 4.79 Å². The van der Waals surface area contributed by atoms with E-state index in [4.69, 9.17) is 16.7 Å². The summed E-state index contributed by atoms with van der Waals surface area (Å²) in [6.45, 7) is 12.4. The summed E-state index contributed by atoms with van der Waals surface area (Å²) in [5.74, 6) is 0.367. The predicted molar refractivity (Wildman–Crippen MR) is 112 cm³/mol. The lowest BCUT2D eigenvalue weighted by molar-refractivity contribution is 0.102. The topological polar surface area (TPSA) is 64.7 Å². The molecule has 3 rings (SSSR count). The van der Waals surface area contributed by atoms with Gasteiger partial charge in [-0.05, 0) is 45.0 Å². The summed E-state index contributed by atoms with van der Waals surface area (Å²) in [5.41, 5.74) is 1.64. The fraction of sp³-hybridized carbons (Fsp3) is 0.381. The summed E-state index contributed by atoms with van der Waals surface area (Å²) in [5, 5.41) is 12.7. The van der Waals surface area contributed by atoms with Crippen LogP contribution in [0.3, 0.4) is 0 Å². The number of nitrogens with one attached hydrogen (secondary N) is 1. The van der Waals surface area contributed by atoms with E-state index < -0.39 is 0 Å². The number of rotatable bonds is 3. The van der Waals surface area contributed by atoms with Crippen molar-refractivity contribution in [2.75, 3.05) is 5.32 Å². The summed E-state index contributed by atoms with van der Waals surface area (Å²) in [6, 6.07) is 10.9. The number of carbonyl (C=O) groups excluding carboxylic acids is 1. The second-order valence-electron chi connectivity index (χ2n) is 8.83. The number of hydrogen-bond donors (Lipinski definition) is 1. The molecule has 0 spiro atoms. The first-order valence-corrected chi connectivity index (χ1v) is 9.57. The first kappa shape index (κ1) is 20.1. The first-order chi connectivity index (χ1) is 12.9. The van der Waals surface area contributed by atoms with Gasteiger partial charge in [0.25, 0.3) is 5.91 Å². The molecule has 0 unspecified atom stereocenters. The minimum Gasteiger partial charge on any atom is -0.305 e. The van der Waals surface area contributed by atoms with E-state index in [1.807, 2.05) is 22.9 Å². The molecule has 0 aliphatic carbocycles. The predicted octanol–water partition coefficient (Wildman–Crippen LogP) is 5.03. The van der Waals surface area contributed by atoms with Gasteiger partial charge in [-0.1, -0.05) is 38.4 Å². The summed E-state index contributed by atoms with van der Waals surface area (Å²) in [7, 11) is 0. The van der Waals surface area contributed by atoms with E-state index >= 15 is 0 Å². The van der Waals surface area contributed by atoms with Crippen molar-refractivity contribution < 1.29 is 4.79 Å². The number of halogens is 1. The van der Waals surface area contributed by atoms with Crippen LogP contribution in [0.1, 0.15) is 57.7 Å². The fourth-order valence-electron chi connectivity index (χ4n) is 2.74. The Bertz CT molecular complexity index is 1000. The van der Waals surface area contributed by atoms with E-state index in [2.05, 4.69) is 52.0 Å². The molecule has 0 bridgehead atoms. The van der Waals surface area contributed by atoms with Crippen LogP contribution in [0, 0.1) is 0 Å². The van der Waals surface area contributed by atoms with Gasteiger partial charge < -0.3 is 5.32 Å². The second-order valence-corrected chi connectivity index (χ2v) is 9.26. The summed E-state index contributed by atoms with van der Waals surface area (Å²) < 4.78 is 3.47. The highest BCUT2D eigenvalue weighted by Gasteiger charge is 2.26. The number of anilines is 1. The minimum absolute atomic E-state index is 0.121. The largest absolute Gasteiger partial charge is 0.305 e. The average molecular weight is 400 g/mol. The van der Waals surface area contributed by atoms with Gasteiger partial charge in [0, 0.05) is 22.7 Å². The van der Waals surface area contributed by atoms with Gasteiger partial charge in [-0.25, -0.2) is 9.36 Å². The molecule has 0 saturated heterocycles. The molecule has 2 heterocycles. The lowest BCUT2D eigenvalue weighted by Crippen LogP contribution is -2.27. The highest BCUT2D eigenvalue weighted by atomic mass is 35.5. The third-order valence-corrected chi connectivity index (χ3v) is 4.48. The Morgan fingerprint density at radius 1 is 1.04 bits per heavy atom. The van der Waals surface area contributed by atoms with Gasteiger partial charge >= 0.3 is 0 Å². The van der Waals surface area contributed by atoms with Crippen LogP contribution in [0.2, 0.25) is 5.02 Å². The molecular weight excluding hydrogens is 374 g/mol. The Morgan fingerprint density at radius 2 is 1.75 bits per heavy atom. The molecule has 0 aliphatic heterocycles. The van der Waals surface area contributed by atoms with Crippen molar-refractivity contribution in [3.63, 3.8) is 0 Å². The number of nitrogens with zero attached hydrogens (tertiary/aromatic N) is 4. The summed E-state index contributed by atoms with van der Waals surface area (Å²) in [4.78, 5) is 12.8. The van der Waals surface area contributed by atoms with Gasteiger partial charge in [0.2, 0.25) is 0 Å². The van der Waals surface area contributed by atoms with Crippen molar-refractivity contribution in [2.45, 2.75) is 52.5 Å². The monoisotopic (exact) mass is 399 g/mol. The van der Waals surface area contributed by atoms with E-state index in [0.717, 1.165) is 11.4 Å². The Balaban J connectivity index is 1.88. The number of amides is 1. The smallest absolute Gasteiger partial charge is 0.277 e. The van der Waals surface area contributed by atoms with E-state index in [1.54, 1.807) is 29.1 Å². The first-order valence-electron chi connectivity index (χ1n) is 9.19. The van der Waals surface area contributed by atoms with Crippen LogP contribution in [0.4, 0.5) is 5.82 Å². The van der Waals surface area contributed by atoms with Gasteiger partial charge in [0.05, 0.1) is 16.9 Å². The lowest BCUT2D eigenvalue weighted by Gasteiger charge is -2.22. The Morgan fingerprint density at radius 3 is 2.36 bits per heavy atom. The average Bonchev–Trinajstić information content (AvgIpc) is 3.21. The Labute approximate surface area is 170 Å². The number of benzene rings is 1. The van der Waals surface area contributed by atoms with Crippen molar-refractivity contribution in [3.8, 4) is 5.69 Å². The van der Waals surface area contributed by atoms with Gasteiger partial charge in [0.15, 0.2) is 5.69 Å². The van der Waals surface area contributed by atoms with E-state index in [-0.39, 0.29) is 16.9 Å². The summed E-state index contributed by atoms with van der Waals surface area (Å²) in [6.07, 6.45) is 1.74. The van der Waals surface area contributed by atoms with Crippen molar-refractivity contribution in [3.05, 3.63) is 59.0 Å². The Kier molecular flexibility index (Phi) is 5.10. The molecule has 1 N–H and O–H groups in total. The van der Waals surface area contributed by atoms with Gasteiger partial charge in [-0.2, -0.15) is 10.2 Å². The zero-order valence-corrected chi connectivity index (χ0v) is 17.9. The Hall–Kier alpha value is -2.60. The number of aromatic nitrogens is 4. The van der Waals surface area contributed by atoms with Crippen LogP contribution in [0.25, 0.3) is 5.69 Å². The third-order valence-electron chi connectivity index (χ3n) is 4.25. The zero-order valence-electron chi connectivity index (χ0n) is 17.1. The molecule has 0 saturated carbocycles. The van der Waals surface area contributed by atoms with Crippen LogP contribution in [0.15, 0.2) is 42.6 Å². The fourth-order valence-corrected chi connectivity index (χ4v) is 2.92. The highest BCUT2D eigenvalue weighted by Crippen LogP contribution is 2.28. The van der Waals surface area contributed by atoms with Crippen LogP contribution in [0.5, 0.6) is 0 Å². The van der Waals surface area contributed by atoms with Gasteiger partial charge in [-0.3, -0.25) is 4.79 Å². The molecule has 1 amide bonds.